The summed E-state index contributed by atoms with van der Waals surface area (Å²) in [5.41, 5.74) is 0. The molecule has 9 heavy (non-hydrogen) atoms. The molecular formula is C2H3N3O3S. The maximum atomic E-state index is 9.87. The average Bonchev–Trinajstić information content (AvgIpc) is 2.15. The third-order valence-corrected chi connectivity index (χ3v) is 0.863. The molecule has 7 heteroatoms. The summed E-state index contributed by atoms with van der Waals surface area (Å²) >= 11 is -2.32. The fourth-order valence-corrected chi connectivity index (χ4v) is 0.531. The van der Waals surface area contributed by atoms with Gasteiger partial charge in [0.15, 0.2) is 0 Å². The van der Waals surface area contributed by atoms with Gasteiger partial charge in [-0.15, -0.1) is 5.10 Å². The van der Waals surface area contributed by atoms with Crippen LogP contribution in [0.3, 0.4) is 0 Å². The summed E-state index contributed by atoms with van der Waals surface area (Å²) in [6.07, 6.45) is 1.19. The molecule has 0 aliphatic carbocycles. The van der Waals surface area contributed by atoms with Crippen LogP contribution in [0.5, 0.6) is 5.88 Å². The molecule has 0 spiro atoms. The Morgan fingerprint density at radius 3 is 3.11 bits per heavy atom. The van der Waals surface area contributed by atoms with Crippen LogP contribution in [0.2, 0.25) is 0 Å². The summed E-state index contributed by atoms with van der Waals surface area (Å²) in [7, 11) is 0. The van der Waals surface area contributed by atoms with Gasteiger partial charge in [0, 0.05) is 0 Å². The van der Waals surface area contributed by atoms with Crippen LogP contribution in [0.4, 0.5) is 0 Å². The van der Waals surface area contributed by atoms with E-state index in [0.29, 0.717) is 0 Å². The monoisotopic (exact) mass is 149 g/mol. The van der Waals surface area contributed by atoms with Gasteiger partial charge in [0.05, 0.1) is 0 Å². The predicted molar refractivity (Wildman–Crippen MR) is 27.8 cm³/mol. The van der Waals surface area contributed by atoms with E-state index in [-0.39, 0.29) is 5.88 Å². The van der Waals surface area contributed by atoms with Crippen molar-refractivity contribution in [1.29, 1.82) is 0 Å². The standard InChI is InChI=1S/C2H3N3O3S/c6-9(7)8-2-1-3-5-4-2/h1H,(H,6,7)(H,3,4,5). The van der Waals surface area contributed by atoms with E-state index >= 15 is 0 Å². The summed E-state index contributed by atoms with van der Waals surface area (Å²) < 4.78 is 22.1. The van der Waals surface area contributed by atoms with Crippen molar-refractivity contribution in [2.24, 2.45) is 0 Å². The van der Waals surface area contributed by atoms with Gasteiger partial charge in [-0.2, -0.15) is 14.5 Å². The number of aromatic amines is 1. The van der Waals surface area contributed by atoms with Crippen LogP contribution in [0.15, 0.2) is 6.20 Å². The lowest BCUT2D eigenvalue weighted by molar-refractivity contribution is 0.449. The third kappa shape index (κ3) is 1.78. The van der Waals surface area contributed by atoms with E-state index in [1.54, 1.807) is 0 Å². The maximum absolute atomic E-state index is 9.87. The molecule has 0 aromatic carbocycles. The second kappa shape index (κ2) is 2.55. The van der Waals surface area contributed by atoms with Gasteiger partial charge in [0.2, 0.25) is 0 Å². The van der Waals surface area contributed by atoms with Crippen LogP contribution in [0.25, 0.3) is 0 Å². The molecule has 0 fully saturated rings. The third-order valence-electron chi connectivity index (χ3n) is 0.550. The van der Waals surface area contributed by atoms with Gasteiger partial charge < -0.3 is 4.18 Å². The second-order valence-corrected chi connectivity index (χ2v) is 1.71. The van der Waals surface area contributed by atoms with Gasteiger partial charge in [0.1, 0.15) is 6.20 Å². The summed E-state index contributed by atoms with van der Waals surface area (Å²) in [5.74, 6) is -0.00386. The topological polar surface area (TPSA) is 88.1 Å². The van der Waals surface area contributed by atoms with E-state index in [1.807, 2.05) is 0 Å². The number of aromatic nitrogens is 3. The quantitative estimate of drug-likeness (QED) is 0.544. The smallest absolute Gasteiger partial charge is 0.356 e. The van der Waals surface area contributed by atoms with E-state index in [4.69, 9.17) is 4.55 Å². The number of hydrogen-bond acceptors (Lipinski definition) is 4. The molecule has 0 aliphatic heterocycles. The Kier molecular flexibility index (Phi) is 1.75. The van der Waals surface area contributed by atoms with E-state index in [0.717, 1.165) is 0 Å². The minimum absolute atomic E-state index is 0.00386. The first-order valence-corrected chi connectivity index (χ1v) is 2.97. The summed E-state index contributed by atoms with van der Waals surface area (Å²) in [6.45, 7) is 0. The van der Waals surface area contributed by atoms with Crippen LogP contribution < -0.4 is 4.18 Å². The Hall–Kier alpha value is -0.950. The normalized spacial score (nSPS) is 13.0. The molecule has 0 bridgehead atoms. The van der Waals surface area contributed by atoms with Gasteiger partial charge in [-0.05, 0) is 0 Å². The zero-order valence-corrected chi connectivity index (χ0v) is 4.96. The summed E-state index contributed by atoms with van der Waals surface area (Å²) in [4.78, 5) is 0. The van der Waals surface area contributed by atoms with E-state index in [2.05, 4.69) is 19.6 Å². The van der Waals surface area contributed by atoms with Crippen LogP contribution in [-0.4, -0.2) is 24.2 Å². The number of H-pyrrole nitrogens is 1. The number of nitrogens with one attached hydrogen (secondary N) is 1. The predicted octanol–water partition coefficient (Wildman–Crippen LogP) is -0.680. The largest absolute Gasteiger partial charge is 0.359 e. The fourth-order valence-electron chi connectivity index (χ4n) is 0.304. The SMILES string of the molecule is O=S(O)Oc1cn[nH]n1. The molecule has 0 aliphatic rings. The van der Waals surface area contributed by atoms with Crippen molar-refractivity contribution in [1.82, 2.24) is 15.4 Å². The van der Waals surface area contributed by atoms with Crippen LogP contribution in [0.1, 0.15) is 0 Å². The summed E-state index contributed by atoms with van der Waals surface area (Å²) in [6, 6.07) is 0. The van der Waals surface area contributed by atoms with Crippen molar-refractivity contribution in [3.8, 4) is 5.88 Å². The molecule has 0 radical (unpaired) electrons. The lowest BCUT2D eigenvalue weighted by Crippen LogP contribution is -1.97. The lowest BCUT2D eigenvalue weighted by Gasteiger charge is -1.88. The molecule has 6 nitrogen and oxygen atoms in total. The van der Waals surface area contributed by atoms with Crippen LogP contribution in [0, 0.1) is 0 Å². The van der Waals surface area contributed by atoms with Crippen LogP contribution in [-0.2, 0) is 11.4 Å². The van der Waals surface area contributed by atoms with Gasteiger partial charge in [0.25, 0.3) is 5.88 Å². The highest BCUT2D eigenvalue weighted by molar-refractivity contribution is 7.74. The first-order valence-electron chi connectivity index (χ1n) is 1.94. The molecule has 1 heterocycles. The number of hydrogen-bond donors (Lipinski definition) is 2. The van der Waals surface area contributed by atoms with E-state index in [9.17, 15) is 4.21 Å². The van der Waals surface area contributed by atoms with Gasteiger partial charge in [-0.1, -0.05) is 0 Å². The van der Waals surface area contributed by atoms with Crippen molar-refractivity contribution >= 4 is 11.4 Å². The highest BCUT2D eigenvalue weighted by Gasteiger charge is 1.98. The molecule has 1 aromatic heterocycles. The Labute approximate surface area is 52.7 Å². The van der Waals surface area contributed by atoms with Crippen molar-refractivity contribution in [2.75, 3.05) is 0 Å². The molecule has 1 unspecified atom stereocenters. The van der Waals surface area contributed by atoms with Gasteiger partial charge in [-0.3, -0.25) is 4.55 Å². The van der Waals surface area contributed by atoms with Gasteiger partial charge in [-0.25, -0.2) is 0 Å². The lowest BCUT2D eigenvalue weighted by atomic mass is 10.9. The Morgan fingerprint density at radius 2 is 2.67 bits per heavy atom. The van der Waals surface area contributed by atoms with Gasteiger partial charge >= 0.3 is 11.4 Å². The minimum atomic E-state index is -2.32. The number of nitrogens with zero attached hydrogens (tertiary/aromatic N) is 2. The molecule has 2 N–H and O–H groups in total. The molecule has 1 aromatic rings. The first-order chi connectivity index (χ1) is 4.29. The zero-order valence-electron chi connectivity index (χ0n) is 4.14. The van der Waals surface area contributed by atoms with Crippen molar-refractivity contribution in [3.05, 3.63) is 6.20 Å². The van der Waals surface area contributed by atoms with Crippen LogP contribution >= 0.6 is 0 Å². The molecule has 0 amide bonds. The van der Waals surface area contributed by atoms with Crippen molar-refractivity contribution in [3.63, 3.8) is 0 Å². The molecule has 0 saturated carbocycles. The minimum Gasteiger partial charge on any atom is -0.356 e. The van der Waals surface area contributed by atoms with E-state index < -0.39 is 11.4 Å². The Morgan fingerprint density at radius 1 is 1.89 bits per heavy atom. The molecular weight excluding hydrogens is 146 g/mol. The molecule has 50 valence electrons. The summed E-state index contributed by atoms with van der Waals surface area (Å²) in [5, 5.41) is 8.88. The second-order valence-electron chi connectivity index (χ2n) is 1.11. The molecule has 0 saturated heterocycles. The Bertz CT molecular complexity index is 197. The first kappa shape index (κ1) is 6.17. The Balaban J connectivity index is 2.58. The number of rotatable bonds is 2. The van der Waals surface area contributed by atoms with Crippen molar-refractivity contribution < 1.29 is 12.9 Å². The van der Waals surface area contributed by atoms with E-state index in [1.165, 1.54) is 6.20 Å². The fraction of sp³-hybridized carbons (Fsp3) is 0. The highest BCUT2D eigenvalue weighted by Crippen LogP contribution is 1.99. The zero-order chi connectivity index (χ0) is 6.69. The molecule has 1 atom stereocenters. The average molecular weight is 149 g/mol. The molecule has 1 rings (SSSR count). The van der Waals surface area contributed by atoms with Crippen molar-refractivity contribution in [2.45, 2.75) is 0 Å². The highest BCUT2D eigenvalue weighted by atomic mass is 32.2. The maximum Gasteiger partial charge on any atom is 0.359 e.